The van der Waals surface area contributed by atoms with Crippen molar-refractivity contribution in [1.29, 1.82) is 0 Å². The summed E-state index contributed by atoms with van der Waals surface area (Å²) in [5, 5.41) is 30.5. The van der Waals surface area contributed by atoms with Gasteiger partial charge in [-0.3, -0.25) is 19.5 Å². The molecule has 13 heteroatoms. The van der Waals surface area contributed by atoms with E-state index in [4.69, 9.17) is 0 Å². The Morgan fingerprint density at radius 2 is 1.73 bits per heavy atom. The van der Waals surface area contributed by atoms with Gasteiger partial charge in [0.25, 0.3) is 11.1 Å². The second-order valence-electron chi connectivity index (χ2n) is 8.93. The Morgan fingerprint density at radius 1 is 0.975 bits per heavy atom. The standard InChI is InChI=1S/C27H18F4N4O4S/c1-12-3-5-16(7-13(12)2)35-19-11-15(27(29,30)31)10-17(28)22(19)23(25(35)38)34-33-18-6-4-14(8-20(18)36)9-21-24(37)32-26(39)40-21/h3-11,36,38H,1-2H3,(H,32,37,39)/b21-9-,34-33?. The van der Waals surface area contributed by atoms with Gasteiger partial charge >= 0.3 is 6.18 Å². The van der Waals surface area contributed by atoms with Gasteiger partial charge in [0, 0.05) is 5.69 Å². The fourth-order valence-corrected chi connectivity index (χ4v) is 4.79. The normalized spacial score (nSPS) is 15.1. The first kappa shape index (κ1) is 26.9. The number of nitrogens with zero attached hydrogens (tertiary/aromatic N) is 3. The molecule has 1 fully saturated rings. The number of azo groups is 1. The van der Waals surface area contributed by atoms with Crippen molar-refractivity contribution in [3.63, 3.8) is 0 Å². The van der Waals surface area contributed by atoms with Crippen LogP contribution < -0.4 is 5.32 Å². The molecule has 0 aliphatic carbocycles. The lowest BCUT2D eigenvalue weighted by Crippen LogP contribution is -2.17. The van der Waals surface area contributed by atoms with Crippen LogP contribution >= 0.6 is 11.8 Å². The van der Waals surface area contributed by atoms with Crippen LogP contribution in [-0.4, -0.2) is 25.9 Å². The number of aryl methyl sites for hydroxylation is 2. The lowest BCUT2D eigenvalue weighted by atomic mass is 10.1. The number of nitrogens with one attached hydrogen (secondary N) is 1. The number of benzene rings is 3. The van der Waals surface area contributed by atoms with Crippen molar-refractivity contribution in [2.45, 2.75) is 20.0 Å². The fraction of sp³-hybridized carbons (Fsp3) is 0.111. The van der Waals surface area contributed by atoms with Crippen molar-refractivity contribution in [1.82, 2.24) is 9.88 Å². The number of hydrogen-bond acceptors (Lipinski definition) is 7. The molecular weight excluding hydrogens is 552 g/mol. The van der Waals surface area contributed by atoms with Crippen LogP contribution in [0, 0.1) is 19.7 Å². The Labute approximate surface area is 227 Å². The van der Waals surface area contributed by atoms with Gasteiger partial charge in [0.2, 0.25) is 5.88 Å². The molecule has 3 aromatic carbocycles. The van der Waals surface area contributed by atoms with E-state index < -0.39 is 51.4 Å². The van der Waals surface area contributed by atoms with E-state index in [1.54, 1.807) is 25.1 Å². The SMILES string of the molecule is Cc1ccc(-n2c(O)c(N=Nc3ccc(/C=C4\SC(=O)NC4=O)cc3O)c3c(F)cc(C(F)(F)F)cc32)cc1C. The highest BCUT2D eigenvalue weighted by atomic mass is 32.2. The van der Waals surface area contributed by atoms with Gasteiger partial charge in [-0.25, -0.2) is 4.39 Å². The minimum absolute atomic E-state index is 0.111. The molecule has 204 valence electrons. The molecule has 40 heavy (non-hydrogen) atoms. The van der Waals surface area contributed by atoms with E-state index in [0.717, 1.165) is 15.7 Å². The van der Waals surface area contributed by atoms with Gasteiger partial charge in [-0.2, -0.15) is 13.2 Å². The number of carbonyl (C=O) groups is 2. The van der Waals surface area contributed by atoms with Crippen LogP contribution in [0.15, 0.2) is 63.7 Å². The minimum Gasteiger partial charge on any atom is -0.506 e. The average Bonchev–Trinajstić information content (AvgIpc) is 3.34. The Bertz CT molecular complexity index is 1790. The zero-order valence-corrected chi connectivity index (χ0v) is 21.5. The Morgan fingerprint density at radius 3 is 2.35 bits per heavy atom. The number of aromatic hydroxyl groups is 2. The van der Waals surface area contributed by atoms with Crippen LogP contribution in [-0.2, 0) is 11.0 Å². The zero-order valence-electron chi connectivity index (χ0n) is 20.7. The number of carbonyl (C=O) groups excluding carboxylic acids is 2. The van der Waals surface area contributed by atoms with Crippen LogP contribution in [0.25, 0.3) is 22.7 Å². The molecule has 0 radical (unpaired) electrons. The number of rotatable bonds is 4. The van der Waals surface area contributed by atoms with E-state index in [2.05, 4.69) is 15.5 Å². The molecule has 1 aliphatic rings. The third kappa shape index (κ3) is 4.91. The number of amides is 2. The molecule has 0 spiro atoms. The number of phenols is 1. The summed E-state index contributed by atoms with van der Waals surface area (Å²) in [6, 6.07) is 9.96. The van der Waals surface area contributed by atoms with E-state index in [1.165, 1.54) is 24.3 Å². The van der Waals surface area contributed by atoms with Crippen molar-refractivity contribution in [2.75, 3.05) is 0 Å². The van der Waals surface area contributed by atoms with E-state index in [9.17, 15) is 33.0 Å². The van der Waals surface area contributed by atoms with Crippen LogP contribution in [0.5, 0.6) is 11.6 Å². The number of aromatic nitrogens is 1. The number of fused-ring (bicyclic) bond motifs is 1. The van der Waals surface area contributed by atoms with Crippen LogP contribution in [0.4, 0.5) is 33.7 Å². The van der Waals surface area contributed by atoms with E-state index in [1.807, 2.05) is 6.92 Å². The third-order valence-corrected chi connectivity index (χ3v) is 7.05. The molecule has 1 saturated heterocycles. The largest absolute Gasteiger partial charge is 0.506 e. The summed E-state index contributed by atoms with van der Waals surface area (Å²) in [6.07, 6.45) is -3.47. The van der Waals surface area contributed by atoms with E-state index in [0.29, 0.717) is 29.5 Å². The van der Waals surface area contributed by atoms with Crippen molar-refractivity contribution in [2.24, 2.45) is 10.2 Å². The molecule has 0 atom stereocenters. The van der Waals surface area contributed by atoms with Gasteiger partial charge in [-0.1, -0.05) is 12.1 Å². The van der Waals surface area contributed by atoms with Crippen LogP contribution in [0.3, 0.4) is 0 Å². The highest BCUT2D eigenvalue weighted by Crippen LogP contribution is 2.45. The molecule has 0 saturated carbocycles. The third-order valence-electron chi connectivity index (χ3n) is 6.24. The highest BCUT2D eigenvalue weighted by molar-refractivity contribution is 8.18. The molecule has 2 heterocycles. The molecule has 0 bridgehead atoms. The molecule has 4 aromatic rings. The number of phenolic OH excluding ortho intramolecular Hbond substituents is 1. The van der Waals surface area contributed by atoms with Gasteiger partial charge < -0.3 is 10.2 Å². The smallest absolute Gasteiger partial charge is 0.416 e. The number of halogens is 4. The topological polar surface area (TPSA) is 116 Å². The predicted octanol–water partition coefficient (Wildman–Crippen LogP) is 7.56. The van der Waals surface area contributed by atoms with Crippen molar-refractivity contribution in [3.05, 3.63) is 81.5 Å². The summed E-state index contributed by atoms with van der Waals surface area (Å²) in [5.41, 5.74) is 0.240. The summed E-state index contributed by atoms with van der Waals surface area (Å²) < 4.78 is 56.8. The molecule has 8 nitrogen and oxygen atoms in total. The lowest BCUT2D eigenvalue weighted by Gasteiger charge is -2.11. The zero-order chi connectivity index (χ0) is 28.9. The first-order valence-electron chi connectivity index (χ1n) is 11.5. The number of imide groups is 1. The van der Waals surface area contributed by atoms with Gasteiger partial charge in [0.05, 0.1) is 21.4 Å². The quantitative estimate of drug-likeness (QED) is 0.133. The van der Waals surface area contributed by atoms with Crippen molar-refractivity contribution < 1.29 is 37.4 Å². The maximum Gasteiger partial charge on any atom is 0.416 e. The first-order valence-corrected chi connectivity index (χ1v) is 12.4. The van der Waals surface area contributed by atoms with Gasteiger partial charge in [0.1, 0.15) is 17.3 Å². The number of thioether (sulfide) groups is 1. The maximum atomic E-state index is 15.2. The number of alkyl halides is 3. The average molecular weight is 571 g/mol. The Hall–Kier alpha value is -4.65. The molecule has 1 aromatic heterocycles. The van der Waals surface area contributed by atoms with Gasteiger partial charge in [-0.05, 0) is 84.8 Å². The highest BCUT2D eigenvalue weighted by Gasteiger charge is 2.34. The lowest BCUT2D eigenvalue weighted by molar-refractivity contribution is -0.137. The monoisotopic (exact) mass is 570 g/mol. The van der Waals surface area contributed by atoms with Crippen molar-refractivity contribution >= 4 is 51.3 Å². The summed E-state index contributed by atoms with van der Waals surface area (Å²) in [4.78, 5) is 23.2. The maximum absolute atomic E-state index is 15.2. The van der Waals surface area contributed by atoms with E-state index >= 15 is 4.39 Å². The second-order valence-corrected chi connectivity index (χ2v) is 9.94. The molecular formula is C27H18F4N4O4S. The Kier molecular flexibility index (Phi) is 6.62. The molecule has 5 rings (SSSR count). The van der Waals surface area contributed by atoms with E-state index in [-0.39, 0.29) is 21.8 Å². The molecule has 3 N–H and O–H groups in total. The second kappa shape index (κ2) is 9.83. The van der Waals surface area contributed by atoms with Crippen molar-refractivity contribution in [3.8, 4) is 17.3 Å². The summed E-state index contributed by atoms with van der Waals surface area (Å²) >= 11 is 0.696. The summed E-state index contributed by atoms with van der Waals surface area (Å²) in [6.45, 7) is 3.62. The van der Waals surface area contributed by atoms with Crippen LogP contribution in [0.2, 0.25) is 0 Å². The van der Waals surface area contributed by atoms with Crippen LogP contribution in [0.1, 0.15) is 22.3 Å². The van der Waals surface area contributed by atoms with Gasteiger partial charge in [0.15, 0.2) is 5.69 Å². The Balaban J connectivity index is 1.62. The number of hydrogen-bond donors (Lipinski definition) is 3. The fourth-order valence-electron chi connectivity index (χ4n) is 4.11. The predicted molar refractivity (Wildman–Crippen MR) is 141 cm³/mol. The minimum atomic E-state index is -4.85. The summed E-state index contributed by atoms with van der Waals surface area (Å²) in [7, 11) is 0. The van der Waals surface area contributed by atoms with Gasteiger partial charge in [-0.15, -0.1) is 10.2 Å². The first-order chi connectivity index (χ1) is 18.8. The molecule has 0 unspecified atom stereocenters. The summed E-state index contributed by atoms with van der Waals surface area (Å²) in [5.74, 6) is -2.91. The molecule has 2 amide bonds. The molecule has 1 aliphatic heterocycles.